The van der Waals surface area contributed by atoms with Crippen molar-refractivity contribution in [2.24, 2.45) is 0 Å². The molecule has 2 heterocycles. The molecule has 0 saturated carbocycles. The van der Waals surface area contributed by atoms with E-state index in [1.807, 2.05) is 25.1 Å². The summed E-state index contributed by atoms with van der Waals surface area (Å²) in [6, 6.07) is 14.5. The number of pyridine rings is 1. The fourth-order valence-corrected chi connectivity index (χ4v) is 4.62. The number of hydrogen-bond acceptors (Lipinski definition) is 6. The highest BCUT2D eigenvalue weighted by molar-refractivity contribution is 7.99. The third-order valence-electron chi connectivity index (χ3n) is 5.19. The summed E-state index contributed by atoms with van der Waals surface area (Å²) in [7, 11) is 3.08. The predicted molar refractivity (Wildman–Crippen MR) is 123 cm³/mol. The number of amides is 2. The lowest BCUT2D eigenvalue weighted by atomic mass is 10.1. The summed E-state index contributed by atoms with van der Waals surface area (Å²) in [5.74, 6) is 0.753. The van der Waals surface area contributed by atoms with Gasteiger partial charge in [0.15, 0.2) is 0 Å². The maximum absolute atomic E-state index is 13.0. The number of carbonyl (C=O) groups is 2. The van der Waals surface area contributed by atoms with E-state index in [1.54, 1.807) is 48.5 Å². The first kappa shape index (κ1) is 21.7. The van der Waals surface area contributed by atoms with Crippen molar-refractivity contribution in [1.29, 1.82) is 0 Å². The van der Waals surface area contributed by atoms with Gasteiger partial charge in [-0.25, -0.2) is 4.98 Å². The van der Waals surface area contributed by atoms with Gasteiger partial charge in [0.25, 0.3) is 11.8 Å². The summed E-state index contributed by atoms with van der Waals surface area (Å²) in [6.07, 6.45) is 1.69. The molecule has 1 aliphatic rings. The molecule has 32 heavy (non-hydrogen) atoms. The Morgan fingerprint density at radius 2 is 1.97 bits per heavy atom. The summed E-state index contributed by atoms with van der Waals surface area (Å²) in [4.78, 5) is 32.8. The van der Waals surface area contributed by atoms with E-state index in [-0.39, 0.29) is 11.8 Å². The van der Waals surface area contributed by atoms with Crippen LogP contribution < -0.4 is 19.7 Å². The van der Waals surface area contributed by atoms with Crippen LogP contribution in [0.4, 0.5) is 5.69 Å². The van der Waals surface area contributed by atoms with E-state index in [9.17, 15) is 9.59 Å². The zero-order valence-electron chi connectivity index (χ0n) is 18.0. The second-order valence-corrected chi connectivity index (χ2v) is 8.09. The van der Waals surface area contributed by atoms with Gasteiger partial charge >= 0.3 is 0 Å². The Labute approximate surface area is 190 Å². The molecule has 0 spiro atoms. The number of fused-ring (bicyclic) bond motifs is 2. The molecule has 3 aromatic rings. The van der Waals surface area contributed by atoms with Gasteiger partial charge < -0.3 is 19.7 Å². The number of methoxy groups -OCH3 is 2. The van der Waals surface area contributed by atoms with Crippen molar-refractivity contribution in [2.45, 2.75) is 23.4 Å². The molecule has 1 N–H and O–H groups in total. The summed E-state index contributed by atoms with van der Waals surface area (Å²) in [5.41, 5.74) is 2.78. The summed E-state index contributed by atoms with van der Waals surface area (Å²) in [6.45, 7) is 2.83. The van der Waals surface area contributed by atoms with E-state index in [4.69, 9.17) is 9.47 Å². The minimum absolute atomic E-state index is 0.0606. The number of aromatic nitrogens is 1. The molecular weight excluding hydrogens is 426 g/mol. The molecule has 0 saturated heterocycles. The van der Waals surface area contributed by atoms with Gasteiger partial charge in [-0.05, 0) is 48.9 Å². The van der Waals surface area contributed by atoms with Gasteiger partial charge in [0.2, 0.25) is 0 Å². The number of hydrogen-bond donors (Lipinski definition) is 1. The molecule has 4 rings (SSSR count). The second kappa shape index (κ2) is 9.32. The Kier molecular flexibility index (Phi) is 6.32. The SMILES string of the molecule is CCN1C(=O)c2cccnc2Sc2cc(CNC(=O)c3ccc(OC)cc3OC)ccc21. The molecule has 164 valence electrons. The zero-order chi connectivity index (χ0) is 22.7. The van der Waals surface area contributed by atoms with Crippen LogP contribution in [0.2, 0.25) is 0 Å². The first-order valence-corrected chi connectivity index (χ1v) is 10.9. The smallest absolute Gasteiger partial charge is 0.261 e. The van der Waals surface area contributed by atoms with E-state index in [2.05, 4.69) is 10.3 Å². The largest absolute Gasteiger partial charge is 0.497 e. The molecule has 2 aromatic carbocycles. The molecule has 8 heteroatoms. The number of rotatable bonds is 6. The number of anilines is 1. The number of carbonyl (C=O) groups excluding carboxylic acids is 2. The lowest BCUT2D eigenvalue weighted by Gasteiger charge is -2.21. The van der Waals surface area contributed by atoms with Crippen LogP contribution in [0.5, 0.6) is 11.5 Å². The minimum Gasteiger partial charge on any atom is -0.497 e. The van der Waals surface area contributed by atoms with E-state index < -0.39 is 0 Å². The fourth-order valence-electron chi connectivity index (χ4n) is 3.54. The molecule has 2 amide bonds. The molecule has 0 unspecified atom stereocenters. The molecule has 0 fully saturated rings. The average molecular weight is 450 g/mol. The van der Waals surface area contributed by atoms with Crippen LogP contribution in [0.25, 0.3) is 0 Å². The Hall–Kier alpha value is -3.52. The first-order chi connectivity index (χ1) is 15.5. The van der Waals surface area contributed by atoms with Crippen molar-refractivity contribution >= 4 is 29.3 Å². The van der Waals surface area contributed by atoms with Crippen LogP contribution in [0.15, 0.2) is 64.6 Å². The van der Waals surface area contributed by atoms with Crippen molar-refractivity contribution in [1.82, 2.24) is 10.3 Å². The van der Waals surface area contributed by atoms with Gasteiger partial charge in [0, 0.05) is 30.2 Å². The van der Waals surface area contributed by atoms with Gasteiger partial charge in [-0.3, -0.25) is 9.59 Å². The molecule has 0 atom stereocenters. The Morgan fingerprint density at radius 1 is 1.12 bits per heavy atom. The topological polar surface area (TPSA) is 80.8 Å². The predicted octanol–water partition coefficient (Wildman–Crippen LogP) is 4.16. The summed E-state index contributed by atoms with van der Waals surface area (Å²) < 4.78 is 10.5. The van der Waals surface area contributed by atoms with E-state index >= 15 is 0 Å². The number of ether oxygens (including phenoxy) is 2. The lowest BCUT2D eigenvalue weighted by molar-refractivity contribution is 0.0946. The van der Waals surface area contributed by atoms with Crippen LogP contribution in [-0.4, -0.2) is 37.6 Å². The van der Waals surface area contributed by atoms with E-state index in [0.717, 1.165) is 16.1 Å². The van der Waals surface area contributed by atoms with Crippen LogP contribution >= 0.6 is 11.8 Å². The molecule has 1 aliphatic heterocycles. The van der Waals surface area contributed by atoms with Gasteiger partial charge in [-0.2, -0.15) is 0 Å². The molecule has 0 bridgehead atoms. The van der Waals surface area contributed by atoms with Crippen LogP contribution in [0, 0.1) is 0 Å². The van der Waals surface area contributed by atoms with Crippen molar-refractivity contribution in [3.8, 4) is 11.5 Å². The highest BCUT2D eigenvalue weighted by atomic mass is 32.2. The fraction of sp³-hybridized carbons (Fsp3) is 0.208. The third-order valence-corrected chi connectivity index (χ3v) is 6.26. The zero-order valence-corrected chi connectivity index (χ0v) is 18.9. The lowest BCUT2D eigenvalue weighted by Crippen LogP contribution is -2.30. The average Bonchev–Trinajstić information content (AvgIpc) is 2.95. The Morgan fingerprint density at radius 3 is 2.72 bits per heavy atom. The number of nitrogens with one attached hydrogen (secondary N) is 1. The Bertz CT molecular complexity index is 1180. The second-order valence-electron chi connectivity index (χ2n) is 7.06. The van der Waals surface area contributed by atoms with Gasteiger partial charge in [-0.1, -0.05) is 17.8 Å². The van der Waals surface area contributed by atoms with Gasteiger partial charge in [0.1, 0.15) is 16.5 Å². The maximum atomic E-state index is 13.0. The molecule has 0 radical (unpaired) electrons. The van der Waals surface area contributed by atoms with E-state index in [1.165, 1.54) is 18.9 Å². The van der Waals surface area contributed by atoms with E-state index in [0.29, 0.717) is 40.7 Å². The van der Waals surface area contributed by atoms with Crippen molar-refractivity contribution in [3.05, 3.63) is 71.4 Å². The van der Waals surface area contributed by atoms with Gasteiger partial charge in [-0.15, -0.1) is 0 Å². The van der Waals surface area contributed by atoms with Crippen molar-refractivity contribution < 1.29 is 19.1 Å². The summed E-state index contributed by atoms with van der Waals surface area (Å²) in [5, 5.41) is 3.62. The molecule has 0 aliphatic carbocycles. The third kappa shape index (κ3) is 4.13. The maximum Gasteiger partial charge on any atom is 0.261 e. The highest BCUT2D eigenvalue weighted by Gasteiger charge is 2.27. The summed E-state index contributed by atoms with van der Waals surface area (Å²) >= 11 is 1.46. The van der Waals surface area contributed by atoms with Crippen LogP contribution in [-0.2, 0) is 6.54 Å². The number of benzene rings is 2. The van der Waals surface area contributed by atoms with Crippen LogP contribution in [0.3, 0.4) is 0 Å². The standard InChI is InChI=1S/C24H23N3O4S/c1-4-27-19-10-7-15(12-21(19)32-23-18(24(27)29)6-5-11-25-23)14-26-22(28)17-9-8-16(30-2)13-20(17)31-3/h5-13H,4,14H2,1-3H3,(H,26,28). The van der Waals surface area contributed by atoms with Crippen molar-refractivity contribution in [2.75, 3.05) is 25.7 Å². The molecule has 7 nitrogen and oxygen atoms in total. The highest BCUT2D eigenvalue weighted by Crippen LogP contribution is 2.40. The number of nitrogens with zero attached hydrogens (tertiary/aromatic N) is 2. The quantitative estimate of drug-likeness (QED) is 0.609. The van der Waals surface area contributed by atoms with Crippen molar-refractivity contribution in [3.63, 3.8) is 0 Å². The van der Waals surface area contributed by atoms with Crippen LogP contribution in [0.1, 0.15) is 33.2 Å². The normalized spacial score (nSPS) is 12.5. The van der Waals surface area contributed by atoms with Gasteiger partial charge in [0.05, 0.1) is 31.0 Å². The minimum atomic E-state index is -0.246. The molecule has 1 aromatic heterocycles. The molecular formula is C24H23N3O4S. The first-order valence-electron chi connectivity index (χ1n) is 10.1. The monoisotopic (exact) mass is 449 g/mol. The Balaban J connectivity index is 1.57.